The van der Waals surface area contributed by atoms with Crippen molar-refractivity contribution >= 4 is 11.8 Å². The molecule has 0 bridgehead atoms. The maximum absolute atomic E-state index is 13.5. The highest BCUT2D eigenvalue weighted by molar-refractivity contribution is 5.89. The van der Waals surface area contributed by atoms with E-state index < -0.39 is 6.04 Å². The van der Waals surface area contributed by atoms with Crippen LogP contribution in [0.4, 0.5) is 4.39 Å². The van der Waals surface area contributed by atoms with Crippen molar-refractivity contribution in [1.82, 2.24) is 10.2 Å². The molecule has 5 nitrogen and oxygen atoms in total. The third-order valence-corrected chi connectivity index (χ3v) is 5.09. The van der Waals surface area contributed by atoms with Crippen LogP contribution in [-0.2, 0) is 22.6 Å². The van der Waals surface area contributed by atoms with Gasteiger partial charge in [-0.1, -0.05) is 72.8 Å². The lowest BCUT2D eigenvalue weighted by molar-refractivity contribution is -0.141. The van der Waals surface area contributed by atoms with Crippen molar-refractivity contribution in [2.45, 2.75) is 25.4 Å². The SMILES string of the molecule is O=C(NCCCO)C(c1ccccc1)N(Cc1ccc(F)cc1)C(=O)Cc1ccccc1. The van der Waals surface area contributed by atoms with Crippen LogP contribution in [0, 0.1) is 5.82 Å². The van der Waals surface area contributed by atoms with Crippen molar-refractivity contribution in [3.63, 3.8) is 0 Å². The van der Waals surface area contributed by atoms with Crippen LogP contribution in [0.3, 0.4) is 0 Å². The molecule has 1 atom stereocenters. The summed E-state index contributed by atoms with van der Waals surface area (Å²) < 4.78 is 13.4. The molecule has 0 aliphatic heterocycles. The molecule has 3 rings (SSSR count). The van der Waals surface area contributed by atoms with Gasteiger partial charge in [-0.2, -0.15) is 0 Å². The summed E-state index contributed by atoms with van der Waals surface area (Å²) in [5.41, 5.74) is 2.24. The quantitative estimate of drug-likeness (QED) is 0.479. The van der Waals surface area contributed by atoms with Gasteiger partial charge in [0.25, 0.3) is 0 Å². The predicted octanol–water partition coefficient (Wildman–Crippen LogP) is 3.64. The van der Waals surface area contributed by atoms with E-state index in [2.05, 4.69) is 5.32 Å². The Morgan fingerprint density at radius 1 is 0.875 bits per heavy atom. The highest BCUT2D eigenvalue weighted by atomic mass is 19.1. The monoisotopic (exact) mass is 434 g/mol. The number of halogens is 1. The number of benzene rings is 3. The number of nitrogens with one attached hydrogen (secondary N) is 1. The number of hydrogen-bond acceptors (Lipinski definition) is 3. The van der Waals surface area contributed by atoms with Gasteiger partial charge in [0.2, 0.25) is 11.8 Å². The van der Waals surface area contributed by atoms with Gasteiger partial charge in [-0.15, -0.1) is 0 Å². The summed E-state index contributed by atoms with van der Waals surface area (Å²) in [6, 6.07) is 23.5. The molecule has 0 fully saturated rings. The van der Waals surface area contributed by atoms with Gasteiger partial charge in [-0.05, 0) is 35.2 Å². The zero-order valence-electron chi connectivity index (χ0n) is 17.8. The van der Waals surface area contributed by atoms with E-state index in [1.165, 1.54) is 17.0 Å². The molecule has 2 N–H and O–H groups in total. The van der Waals surface area contributed by atoms with Crippen LogP contribution in [0.1, 0.15) is 29.2 Å². The highest BCUT2D eigenvalue weighted by Crippen LogP contribution is 2.25. The van der Waals surface area contributed by atoms with Gasteiger partial charge in [0.05, 0.1) is 6.42 Å². The molecular formula is C26H27FN2O3. The topological polar surface area (TPSA) is 69.6 Å². The second-order valence-electron chi connectivity index (χ2n) is 7.49. The van der Waals surface area contributed by atoms with Crippen LogP contribution in [-0.4, -0.2) is 35.0 Å². The first-order valence-corrected chi connectivity index (χ1v) is 10.6. The van der Waals surface area contributed by atoms with Crippen molar-refractivity contribution in [2.75, 3.05) is 13.2 Å². The Kier molecular flexibility index (Phi) is 8.52. The fraction of sp³-hybridized carbons (Fsp3) is 0.231. The number of aliphatic hydroxyl groups is 1. The van der Waals surface area contributed by atoms with E-state index >= 15 is 0 Å². The van der Waals surface area contributed by atoms with Gasteiger partial charge in [-0.25, -0.2) is 4.39 Å². The third kappa shape index (κ3) is 6.49. The summed E-state index contributed by atoms with van der Waals surface area (Å²) in [5, 5.41) is 11.9. The molecule has 0 saturated heterocycles. The number of rotatable bonds is 10. The van der Waals surface area contributed by atoms with Crippen LogP contribution in [0.2, 0.25) is 0 Å². The maximum atomic E-state index is 13.5. The highest BCUT2D eigenvalue weighted by Gasteiger charge is 2.31. The number of carbonyl (C=O) groups excluding carboxylic acids is 2. The number of hydrogen-bond donors (Lipinski definition) is 2. The molecule has 32 heavy (non-hydrogen) atoms. The minimum absolute atomic E-state index is 0.0392. The van der Waals surface area contributed by atoms with Crippen LogP contribution >= 0.6 is 0 Å². The molecule has 2 amide bonds. The summed E-state index contributed by atoms with van der Waals surface area (Å²) >= 11 is 0. The average Bonchev–Trinajstić information content (AvgIpc) is 2.81. The van der Waals surface area contributed by atoms with Crippen molar-refractivity contribution < 1.29 is 19.1 Å². The molecule has 0 heterocycles. The van der Waals surface area contributed by atoms with E-state index in [0.29, 0.717) is 18.5 Å². The van der Waals surface area contributed by atoms with Crippen LogP contribution in [0.5, 0.6) is 0 Å². The predicted molar refractivity (Wildman–Crippen MR) is 121 cm³/mol. The Bertz CT molecular complexity index is 995. The zero-order chi connectivity index (χ0) is 22.8. The molecule has 166 valence electrons. The van der Waals surface area contributed by atoms with Crippen LogP contribution < -0.4 is 5.32 Å². The number of amides is 2. The Hall–Kier alpha value is -3.51. The molecule has 1 unspecified atom stereocenters. The molecule has 0 aliphatic rings. The summed E-state index contributed by atoms with van der Waals surface area (Å²) in [6.07, 6.45) is 0.554. The summed E-state index contributed by atoms with van der Waals surface area (Å²) in [7, 11) is 0. The molecule has 6 heteroatoms. The average molecular weight is 435 g/mol. The van der Waals surface area contributed by atoms with Gasteiger partial charge in [0.1, 0.15) is 11.9 Å². The molecule has 3 aromatic rings. The minimum Gasteiger partial charge on any atom is -0.396 e. The molecule has 0 radical (unpaired) electrons. The fourth-order valence-electron chi connectivity index (χ4n) is 3.48. The third-order valence-electron chi connectivity index (χ3n) is 5.09. The molecule has 0 aromatic heterocycles. The van der Waals surface area contributed by atoms with Gasteiger partial charge in [0.15, 0.2) is 0 Å². The van der Waals surface area contributed by atoms with Crippen molar-refractivity contribution in [1.29, 1.82) is 0 Å². The van der Waals surface area contributed by atoms with E-state index in [-0.39, 0.29) is 37.2 Å². The molecule has 0 saturated carbocycles. The largest absolute Gasteiger partial charge is 0.396 e. The Morgan fingerprint density at radius 2 is 1.50 bits per heavy atom. The molecule has 0 spiro atoms. The normalized spacial score (nSPS) is 11.6. The summed E-state index contributed by atoms with van der Waals surface area (Å²) in [4.78, 5) is 28.2. The fourth-order valence-corrected chi connectivity index (χ4v) is 3.48. The summed E-state index contributed by atoms with van der Waals surface area (Å²) in [6.45, 7) is 0.414. The van der Waals surface area contributed by atoms with Crippen molar-refractivity contribution in [3.8, 4) is 0 Å². The minimum atomic E-state index is -0.865. The molecule has 3 aromatic carbocycles. The lowest BCUT2D eigenvalue weighted by Gasteiger charge is -2.32. The van der Waals surface area contributed by atoms with Crippen molar-refractivity contribution in [2.24, 2.45) is 0 Å². The lowest BCUT2D eigenvalue weighted by Crippen LogP contribution is -2.44. The standard InChI is InChI=1S/C26H27FN2O3/c27-23-14-12-21(13-15-23)19-29(24(31)18-20-8-3-1-4-9-20)25(22-10-5-2-6-11-22)26(32)28-16-7-17-30/h1-6,8-15,25,30H,7,16-19H2,(H,28,32). The Labute approximate surface area is 187 Å². The van der Waals surface area contributed by atoms with Crippen molar-refractivity contribution in [3.05, 3.63) is 107 Å². The summed E-state index contributed by atoms with van der Waals surface area (Å²) in [5.74, 6) is -0.905. The van der Waals surface area contributed by atoms with Crippen LogP contribution in [0.15, 0.2) is 84.9 Å². The first-order chi connectivity index (χ1) is 15.6. The maximum Gasteiger partial charge on any atom is 0.247 e. The van der Waals surface area contributed by atoms with E-state index in [1.54, 1.807) is 12.1 Å². The van der Waals surface area contributed by atoms with E-state index in [1.807, 2.05) is 60.7 Å². The number of aliphatic hydroxyl groups excluding tert-OH is 1. The molecule has 0 aliphatic carbocycles. The zero-order valence-corrected chi connectivity index (χ0v) is 17.8. The van der Waals surface area contributed by atoms with Gasteiger partial charge < -0.3 is 15.3 Å². The Balaban J connectivity index is 1.96. The van der Waals surface area contributed by atoms with E-state index in [9.17, 15) is 14.0 Å². The Morgan fingerprint density at radius 3 is 2.12 bits per heavy atom. The first kappa shape index (κ1) is 23.2. The second-order valence-corrected chi connectivity index (χ2v) is 7.49. The van der Waals surface area contributed by atoms with E-state index in [4.69, 9.17) is 5.11 Å². The van der Waals surface area contributed by atoms with Gasteiger partial charge in [0, 0.05) is 19.7 Å². The second kappa shape index (κ2) is 11.8. The lowest BCUT2D eigenvalue weighted by atomic mass is 10.0. The molecular weight excluding hydrogens is 407 g/mol. The van der Waals surface area contributed by atoms with Gasteiger partial charge >= 0.3 is 0 Å². The number of nitrogens with zero attached hydrogens (tertiary/aromatic N) is 1. The first-order valence-electron chi connectivity index (χ1n) is 10.6. The van der Waals surface area contributed by atoms with Gasteiger partial charge in [-0.3, -0.25) is 9.59 Å². The smallest absolute Gasteiger partial charge is 0.247 e. The number of carbonyl (C=O) groups is 2. The van der Waals surface area contributed by atoms with E-state index in [0.717, 1.165) is 11.1 Å². The van der Waals surface area contributed by atoms with Crippen LogP contribution in [0.25, 0.3) is 0 Å².